The SMILES string of the molecule is CC[Si](C)(C1=[C]([Ti+3])CC=C1c1ccccc1)c1ccccc1.[Cl-].[Cl-].[Cl-]. The maximum absolute atomic E-state index is 2.53. The second-order valence-electron chi connectivity index (χ2n) is 6.09. The summed E-state index contributed by atoms with van der Waals surface area (Å²) < 4.78 is 1.57. The maximum Gasteiger partial charge on any atom is -1.00 e. The first kappa shape index (κ1) is 24.7. The van der Waals surface area contributed by atoms with Crippen molar-refractivity contribution >= 4 is 18.8 Å². The molecule has 3 rings (SSSR count). The van der Waals surface area contributed by atoms with Gasteiger partial charge in [0.05, 0.1) is 0 Å². The molecule has 5 heteroatoms. The van der Waals surface area contributed by atoms with Crippen molar-refractivity contribution in [1.82, 2.24) is 0 Å². The van der Waals surface area contributed by atoms with Crippen molar-refractivity contribution in [2.75, 3.05) is 0 Å². The molecule has 0 aliphatic heterocycles. The summed E-state index contributed by atoms with van der Waals surface area (Å²) >= 11 is 2.33. The normalized spacial score (nSPS) is 15.3. The van der Waals surface area contributed by atoms with E-state index in [9.17, 15) is 0 Å². The second-order valence-corrected chi connectivity index (χ2v) is 11.5. The predicted octanol–water partition coefficient (Wildman–Crippen LogP) is -4.17. The molecule has 2 aromatic carbocycles. The number of rotatable bonds is 4. The zero-order valence-electron chi connectivity index (χ0n) is 14.4. The van der Waals surface area contributed by atoms with Crippen LogP contribution in [0, 0.1) is 0 Å². The Hall–Kier alpha value is -0.279. The van der Waals surface area contributed by atoms with E-state index < -0.39 is 8.07 Å². The van der Waals surface area contributed by atoms with Crippen molar-refractivity contribution in [1.29, 1.82) is 0 Å². The van der Waals surface area contributed by atoms with Crippen LogP contribution in [-0.2, 0) is 20.4 Å². The van der Waals surface area contributed by atoms with E-state index in [2.05, 4.69) is 101 Å². The monoisotopic (exact) mass is 442 g/mol. The largest absolute Gasteiger partial charge is 1.00 e. The van der Waals surface area contributed by atoms with E-state index in [1.807, 2.05) is 0 Å². The summed E-state index contributed by atoms with van der Waals surface area (Å²) in [4.78, 5) is 0. The van der Waals surface area contributed by atoms with Gasteiger partial charge in [-0.1, -0.05) is 0 Å². The Morgan fingerprint density at radius 3 is 1.92 bits per heavy atom. The van der Waals surface area contributed by atoms with Crippen molar-refractivity contribution in [3.8, 4) is 0 Å². The number of halogens is 3. The second kappa shape index (κ2) is 10.8. The minimum atomic E-state index is -1.66. The van der Waals surface area contributed by atoms with E-state index in [-0.39, 0.29) is 37.2 Å². The van der Waals surface area contributed by atoms with Gasteiger partial charge in [0, 0.05) is 0 Å². The smallest absolute Gasteiger partial charge is 1.00 e. The fourth-order valence-electron chi connectivity index (χ4n) is 3.41. The quantitative estimate of drug-likeness (QED) is 0.421. The summed E-state index contributed by atoms with van der Waals surface area (Å²) in [6.07, 6.45) is 3.54. The van der Waals surface area contributed by atoms with Crippen LogP contribution in [0.3, 0.4) is 0 Å². The summed E-state index contributed by atoms with van der Waals surface area (Å²) in [5, 5.41) is 3.21. The molecular weight excluding hydrogens is 423 g/mol. The molecule has 1 aliphatic carbocycles. The molecule has 0 bridgehead atoms. The number of hydrogen-bond donors (Lipinski definition) is 0. The third kappa shape index (κ3) is 4.91. The molecule has 0 spiro atoms. The molecular formula is C20H21Cl3SiTi. The van der Waals surface area contributed by atoms with Crippen LogP contribution in [0.2, 0.25) is 12.6 Å². The fraction of sp³-hybridized carbons (Fsp3) is 0.200. The van der Waals surface area contributed by atoms with E-state index in [0.29, 0.717) is 0 Å². The molecule has 0 amide bonds. The Morgan fingerprint density at radius 1 is 0.880 bits per heavy atom. The van der Waals surface area contributed by atoms with Gasteiger partial charge in [-0.15, -0.1) is 0 Å². The van der Waals surface area contributed by atoms with Crippen LogP contribution in [0.4, 0.5) is 0 Å². The summed E-state index contributed by atoms with van der Waals surface area (Å²) in [6, 6.07) is 23.3. The van der Waals surface area contributed by atoms with E-state index in [4.69, 9.17) is 0 Å². The molecule has 0 saturated carbocycles. The Balaban J connectivity index is 0.00000192. The van der Waals surface area contributed by atoms with Crippen LogP contribution in [0.15, 0.2) is 75.8 Å². The van der Waals surface area contributed by atoms with Crippen LogP contribution in [0.1, 0.15) is 18.9 Å². The van der Waals surface area contributed by atoms with Gasteiger partial charge in [0.1, 0.15) is 0 Å². The summed E-state index contributed by atoms with van der Waals surface area (Å²) in [5.41, 5.74) is 2.86. The van der Waals surface area contributed by atoms with E-state index in [1.54, 1.807) is 14.3 Å². The summed E-state index contributed by atoms with van der Waals surface area (Å²) in [7, 11) is -1.66. The van der Waals surface area contributed by atoms with Gasteiger partial charge in [-0.25, -0.2) is 0 Å². The molecule has 0 N–H and O–H groups in total. The minimum absolute atomic E-state index is 0. The van der Waals surface area contributed by atoms with Gasteiger partial charge in [-0.05, 0) is 0 Å². The fourth-order valence-corrected chi connectivity index (χ4v) is 8.66. The summed E-state index contributed by atoms with van der Waals surface area (Å²) in [6.45, 7) is 4.89. The first-order chi connectivity index (χ1) is 10.7. The van der Waals surface area contributed by atoms with E-state index in [1.165, 1.54) is 17.2 Å². The average Bonchev–Trinajstić information content (AvgIpc) is 2.98. The molecule has 1 unspecified atom stereocenters. The van der Waals surface area contributed by atoms with Crippen LogP contribution < -0.4 is 42.4 Å². The van der Waals surface area contributed by atoms with Crippen molar-refractivity contribution in [2.45, 2.75) is 25.9 Å². The van der Waals surface area contributed by atoms with Crippen molar-refractivity contribution < 1.29 is 57.7 Å². The number of hydrogen-bond acceptors (Lipinski definition) is 0. The number of allylic oxidation sites excluding steroid dienone is 4. The Labute approximate surface area is 182 Å². The molecule has 0 aromatic heterocycles. The van der Waals surface area contributed by atoms with Gasteiger partial charge in [-0.2, -0.15) is 0 Å². The van der Waals surface area contributed by atoms with Gasteiger partial charge in [-0.3, -0.25) is 0 Å². The Morgan fingerprint density at radius 2 is 1.40 bits per heavy atom. The molecule has 130 valence electrons. The average molecular weight is 444 g/mol. The summed E-state index contributed by atoms with van der Waals surface area (Å²) in [5.74, 6) is 0. The molecule has 0 nitrogen and oxygen atoms in total. The van der Waals surface area contributed by atoms with Gasteiger partial charge >= 0.3 is 147 Å². The first-order valence-corrected chi connectivity index (χ1v) is 11.4. The Kier molecular flexibility index (Phi) is 10.6. The number of benzene rings is 2. The van der Waals surface area contributed by atoms with Crippen LogP contribution >= 0.6 is 0 Å². The standard InChI is InChI=1S/C20H21Si.3ClH.Ti/c1-3-21(2,18-13-8-5-9-14-18)20-16-10-15-19(20)17-11-6-4-7-12-17;;;;/h4-9,11-15H,3,10H2,1-2H3;3*1H;/q;;;;+3/p-3. The Bertz CT molecular complexity index is 729. The van der Waals surface area contributed by atoms with Gasteiger partial charge < -0.3 is 37.2 Å². The van der Waals surface area contributed by atoms with Crippen LogP contribution in [0.25, 0.3) is 5.57 Å². The molecule has 25 heavy (non-hydrogen) atoms. The topological polar surface area (TPSA) is 0 Å². The zero-order valence-corrected chi connectivity index (χ0v) is 19.2. The molecule has 0 fully saturated rings. The molecule has 0 saturated heterocycles. The van der Waals surface area contributed by atoms with Crippen LogP contribution in [-0.4, -0.2) is 8.07 Å². The van der Waals surface area contributed by atoms with E-state index >= 15 is 0 Å². The third-order valence-electron chi connectivity index (χ3n) is 4.84. The van der Waals surface area contributed by atoms with Gasteiger partial charge in [0.2, 0.25) is 0 Å². The molecule has 1 atom stereocenters. The maximum atomic E-state index is 2.53. The van der Waals surface area contributed by atoms with Crippen molar-refractivity contribution in [2.24, 2.45) is 0 Å². The molecule has 2 aromatic rings. The molecule has 0 heterocycles. The minimum Gasteiger partial charge on any atom is -1.00 e. The zero-order chi connectivity index (χ0) is 15.6. The molecule has 1 aliphatic rings. The third-order valence-corrected chi connectivity index (χ3v) is 10.6. The molecule has 0 radical (unpaired) electrons. The van der Waals surface area contributed by atoms with Crippen molar-refractivity contribution in [3.63, 3.8) is 0 Å². The van der Waals surface area contributed by atoms with Crippen molar-refractivity contribution in [3.05, 3.63) is 81.4 Å². The van der Waals surface area contributed by atoms with E-state index in [0.717, 1.165) is 6.42 Å². The first-order valence-electron chi connectivity index (χ1n) is 7.93. The predicted molar refractivity (Wildman–Crippen MR) is 94.2 cm³/mol. The van der Waals surface area contributed by atoms with Gasteiger partial charge in [0.25, 0.3) is 0 Å². The van der Waals surface area contributed by atoms with Gasteiger partial charge in [0.15, 0.2) is 0 Å². The van der Waals surface area contributed by atoms with Crippen LogP contribution in [0.5, 0.6) is 0 Å².